The summed E-state index contributed by atoms with van der Waals surface area (Å²) in [6.07, 6.45) is -0.183. The zero-order chi connectivity index (χ0) is 25.5. The third-order valence-corrected chi connectivity index (χ3v) is 6.80. The summed E-state index contributed by atoms with van der Waals surface area (Å²) < 4.78 is 5.12. The molecule has 34 heavy (non-hydrogen) atoms. The quantitative estimate of drug-likeness (QED) is 0.455. The van der Waals surface area contributed by atoms with Gasteiger partial charge in [0.1, 0.15) is 13.2 Å². The SMILES string of the molecule is CC(C)N(C(=O)O)[C@]1(C(C)(C)C)CC[C@H](NC(=O)CNC(=O)OCc2ccccc2)[C@H](CO)C1. The Labute approximate surface area is 201 Å². The maximum atomic E-state index is 12.5. The van der Waals surface area contributed by atoms with Crippen LogP contribution < -0.4 is 10.6 Å². The average Bonchev–Trinajstić information content (AvgIpc) is 2.76. The van der Waals surface area contributed by atoms with Crippen LogP contribution in [-0.4, -0.2) is 64.0 Å². The molecule has 0 heterocycles. The largest absolute Gasteiger partial charge is 0.465 e. The second kappa shape index (κ2) is 11.6. The minimum absolute atomic E-state index is 0.105. The number of amides is 3. The Balaban J connectivity index is 1.98. The summed E-state index contributed by atoms with van der Waals surface area (Å²) in [6.45, 7) is 9.43. The molecule has 1 aliphatic carbocycles. The number of alkyl carbamates (subject to hydrolysis) is 1. The first-order chi connectivity index (χ1) is 15.9. The van der Waals surface area contributed by atoms with Crippen LogP contribution in [0.25, 0.3) is 0 Å². The zero-order valence-corrected chi connectivity index (χ0v) is 20.8. The van der Waals surface area contributed by atoms with Gasteiger partial charge in [0.05, 0.1) is 5.54 Å². The highest BCUT2D eigenvalue weighted by Gasteiger charge is 2.54. The van der Waals surface area contributed by atoms with Crippen molar-refractivity contribution in [3.05, 3.63) is 35.9 Å². The van der Waals surface area contributed by atoms with Crippen LogP contribution in [0.5, 0.6) is 0 Å². The Bertz CT molecular complexity index is 839. The minimum atomic E-state index is -0.984. The van der Waals surface area contributed by atoms with Crippen molar-refractivity contribution in [1.82, 2.24) is 15.5 Å². The Kier molecular flexibility index (Phi) is 9.32. The van der Waals surface area contributed by atoms with Crippen LogP contribution in [-0.2, 0) is 16.1 Å². The molecule has 190 valence electrons. The number of carbonyl (C=O) groups is 3. The summed E-state index contributed by atoms with van der Waals surface area (Å²) in [5.41, 5.74) is -0.210. The standard InChI is InChI=1S/C25H39N3O6/c1-17(2)28(23(32)33)25(24(3,4)5)12-11-20(19(13-25)15-29)27-21(30)14-26-22(31)34-16-18-9-7-6-8-10-18/h6-10,17,19-20,29H,11-16H2,1-5H3,(H,26,31)(H,27,30)(H,32,33)/t19-,20-,25+/m0/s1. The smallest absolute Gasteiger partial charge is 0.408 e. The van der Waals surface area contributed by atoms with Crippen LogP contribution >= 0.6 is 0 Å². The Morgan fingerprint density at radius 2 is 1.85 bits per heavy atom. The van der Waals surface area contributed by atoms with Crippen LogP contribution in [0.1, 0.15) is 59.4 Å². The van der Waals surface area contributed by atoms with Gasteiger partial charge in [-0.25, -0.2) is 9.59 Å². The number of aliphatic hydroxyl groups excluding tert-OH is 1. The van der Waals surface area contributed by atoms with E-state index in [1.807, 2.05) is 65.0 Å². The summed E-state index contributed by atoms with van der Waals surface area (Å²) in [4.78, 5) is 38.1. The first-order valence-corrected chi connectivity index (χ1v) is 11.8. The van der Waals surface area contributed by atoms with Gasteiger partial charge < -0.3 is 25.6 Å². The van der Waals surface area contributed by atoms with Crippen molar-refractivity contribution in [1.29, 1.82) is 0 Å². The molecule has 0 spiro atoms. The molecule has 0 saturated heterocycles. The van der Waals surface area contributed by atoms with E-state index in [9.17, 15) is 24.6 Å². The highest BCUT2D eigenvalue weighted by molar-refractivity contribution is 5.82. The lowest BCUT2D eigenvalue weighted by Crippen LogP contribution is -2.66. The summed E-state index contributed by atoms with van der Waals surface area (Å²) >= 11 is 0. The lowest BCUT2D eigenvalue weighted by Gasteiger charge is -2.57. The number of nitrogens with zero attached hydrogens (tertiary/aromatic N) is 1. The maximum absolute atomic E-state index is 12.5. The average molecular weight is 478 g/mol. The molecule has 4 N–H and O–H groups in total. The molecular formula is C25H39N3O6. The molecular weight excluding hydrogens is 438 g/mol. The van der Waals surface area contributed by atoms with Gasteiger partial charge in [-0.3, -0.25) is 9.69 Å². The molecule has 0 aliphatic heterocycles. The van der Waals surface area contributed by atoms with Gasteiger partial charge in [0.15, 0.2) is 0 Å². The fourth-order valence-corrected chi connectivity index (χ4v) is 5.03. The van der Waals surface area contributed by atoms with Gasteiger partial charge >= 0.3 is 12.2 Å². The molecule has 9 nitrogen and oxygen atoms in total. The molecule has 1 fully saturated rings. The van der Waals surface area contributed by atoms with Gasteiger partial charge in [-0.1, -0.05) is 51.1 Å². The third-order valence-electron chi connectivity index (χ3n) is 6.80. The van der Waals surface area contributed by atoms with Crippen LogP contribution in [0.2, 0.25) is 0 Å². The second-order valence-electron chi connectivity index (χ2n) is 10.3. The molecule has 3 amide bonds. The summed E-state index contributed by atoms with van der Waals surface area (Å²) in [5, 5.41) is 25.4. The lowest BCUT2D eigenvalue weighted by molar-refractivity contribution is -0.123. The molecule has 1 saturated carbocycles. The highest BCUT2D eigenvalue weighted by Crippen LogP contribution is 2.49. The summed E-state index contributed by atoms with van der Waals surface area (Å²) in [6, 6.07) is 8.67. The molecule has 2 rings (SSSR count). The third kappa shape index (κ3) is 6.62. The van der Waals surface area contributed by atoms with Gasteiger partial charge in [-0.2, -0.15) is 0 Å². The number of benzene rings is 1. The number of hydrogen-bond acceptors (Lipinski definition) is 5. The molecule has 1 aliphatic rings. The van der Waals surface area contributed by atoms with Crippen molar-refractivity contribution in [2.75, 3.05) is 13.2 Å². The number of hydrogen-bond donors (Lipinski definition) is 4. The van der Waals surface area contributed by atoms with Crippen LogP contribution in [0.15, 0.2) is 30.3 Å². The molecule has 0 radical (unpaired) electrons. The zero-order valence-electron chi connectivity index (χ0n) is 20.8. The van der Waals surface area contributed by atoms with Crippen molar-refractivity contribution in [3.63, 3.8) is 0 Å². The van der Waals surface area contributed by atoms with Crippen molar-refractivity contribution in [3.8, 4) is 0 Å². The first-order valence-electron chi connectivity index (χ1n) is 11.8. The monoisotopic (exact) mass is 477 g/mol. The number of aliphatic hydroxyl groups is 1. The number of ether oxygens (including phenoxy) is 1. The Morgan fingerprint density at radius 3 is 2.38 bits per heavy atom. The number of carbonyl (C=O) groups excluding carboxylic acids is 2. The lowest BCUT2D eigenvalue weighted by atomic mass is 9.60. The van der Waals surface area contributed by atoms with Crippen molar-refractivity contribution < 1.29 is 29.3 Å². The maximum Gasteiger partial charge on any atom is 0.408 e. The summed E-state index contributed by atoms with van der Waals surface area (Å²) in [5.74, 6) is -0.704. The molecule has 3 atom stereocenters. The Morgan fingerprint density at radius 1 is 1.21 bits per heavy atom. The molecule has 0 unspecified atom stereocenters. The summed E-state index contributed by atoms with van der Waals surface area (Å²) in [7, 11) is 0. The van der Waals surface area contributed by atoms with Crippen molar-refractivity contribution in [2.24, 2.45) is 11.3 Å². The number of rotatable bonds is 8. The van der Waals surface area contributed by atoms with E-state index in [1.165, 1.54) is 4.90 Å². The molecule has 9 heteroatoms. The van der Waals surface area contributed by atoms with E-state index in [-0.39, 0.29) is 49.1 Å². The van der Waals surface area contributed by atoms with Crippen LogP contribution in [0.3, 0.4) is 0 Å². The fraction of sp³-hybridized carbons (Fsp3) is 0.640. The Hall–Kier alpha value is -2.81. The van der Waals surface area contributed by atoms with Gasteiger partial charge in [-0.05, 0) is 44.1 Å². The van der Waals surface area contributed by atoms with E-state index in [4.69, 9.17) is 4.74 Å². The molecule has 0 aromatic heterocycles. The van der Waals surface area contributed by atoms with Crippen LogP contribution in [0, 0.1) is 11.3 Å². The molecule has 1 aromatic rings. The van der Waals surface area contributed by atoms with Gasteiger partial charge in [0.25, 0.3) is 0 Å². The second-order valence-corrected chi connectivity index (χ2v) is 10.3. The van der Waals surface area contributed by atoms with E-state index >= 15 is 0 Å². The number of carboxylic acid groups (broad SMARTS) is 1. The predicted octanol–water partition coefficient (Wildman–Crippen LogP) is 3.36. The van der Waals surface area contributed by atoms with Crippen LogP contribution in [0.4, 0.5) is 9.59 Å². The van der Waals surface area contributed by atoms with Gasteiger partial charge in [0, 0.05) is 24.6 Å². The fourth-order valence-electron chi connectivity index (χ4n) is 5.03. The van der Waals surface area contributed by atoms with E-state index in [0.29, 0.717) is 19.3 Å². The molecule has 1 aromatic carbocycles. The highest BCUT2D eigenvalue weighted by atomic mass is 16.5. The topological polar surface area (TPSA) is 128 Å². The predicted molar refractivity (Wildman–Crippen MR) is 128 cm³/mol. The van der Waals surface area contributed by atoms with Crippen molar-refractivity contribution in [2.45, 2.75) is 78.1 Å². The van der Waals surface area contributed by atoms with Gasteiger partial charge in [-0.15, -0.1) is 0 Å². The van der Waals surface area contributed by atoms with Gasteiger partial charge in [0.2, 0.25) is 5.91 Å². The first kappa shape index (κ1) is 27.4. The van der Waals surface area contributed by atoms with E-state index < -0.39 is 17.7 Å². The normalized spacial score (nSPS) is 22.7. The van der Waals surface area contributed by atoms with E-state index in [2.05, 4.69) is 10.6 Å². The minimum Gasteiger partial charge on any atom is -0.465 e. The van der Waals surface area contributed by atoms with Crippen molar-refractivity contribution >= 4 is 18.1 Å². The molecule has 0 bridgehead atoms. The van der Waals surface area contributed by atoms with E-state index in [1.54, 1.807) is 0 Å². The number of nitrogens with one attached hydrogen (secondary N) is 2. The van der Waals surface area contributed by atoms with E-state index in [0.717, 1.165) is 5.56 Å².